The normalized spacial score (nSPS) is 21.6. The van der Waals surface area contributed by atoms with Gasteiger partial charge in [0.2, 0.25) is 0 Å². The highest BCUT2D eigenvalue weighted by atomic mass is 28.3. The predicted octanol–water partition coefficient (Wildman–Crippen LogP) is 3.89. The third-order valence-corrected chi connectivity index (χ3v) is 8.56. The van der Waals surface area contributed by atoms with Gasteiger partial charge in [0.15, 0.2) is 0 Å². The van der Waals surface area contributed by atoms with Gasteiger partial charge in [-0.05, 0) is 47.1 Å². The van der Waals surface area contributed by atoms with Crippen LogP contribution in [0.3, 0.4) is 0 Å². The molecule has 4 rings (SSSR count). The zero-order valence-corrected chi connectivity index (χ0v) is 13.2. The van der Waals surface area contributed by atoms with Crippen molar-refractivity contribution in [2.24, 2.45) is 0 Å². The van der Waals surface area contributed by atoms with Crippen LogP contribution in [-0.2, 0) is 6.42 Å². The highest BCUT2D eigenvalue weighted by Crippen LogP contribution is 2.57. The molecule has 0 saturated heterocycles. The van der Waals surface area contributed by atoms with Crippen molar-refractivity contribution in [2.75, 3.05) is 6.61 Å². The molecule has 0 fully saturated rings. The molecule has 0 bridgehead atoms. The highest BCUT2D eigenvalue weighted by Gasteiger charge is 2.52. The minimum atomic E-state index is -1.12. The first-order valence-corrected chi connectivity index (χ1v) is 10.5. The summed E-state index contributed by atoms with van der Waals surface area (Å²) in [4.78, 5) is 0. The Labute approximate surface area is 121 Å². The van der Waals surface area contributed by atoms with E-state index in [2.05, 4.69) is 43.4 Å². The average Bonchev–Trinajstić information content (AvgIpc) is 2.84. The van der Waals surface area contributed by atoms with Crippen molar-refractivity contribution in [1.29, 1.82) is 0 Å². The fraction of sp³-hybridized carbons (Fsp3) is 0.333. The van der Waals surface area contributed by atoms with Crippen molar-refractivity contribution < 1.29 is 5.11 Å². The van der Waals surface area contributed by atoms with Crippen LogP contribution in [0.2, 0.25) is 13.1 Å². The molecule has 1 aliphatic heterocycles. The standard InChI is InChI=1S/C18H20OSi/c1-20(2)16-11-14-4-3-5-15(17(14)18(16)20)13-7-6-12(10-13)8-9-19/h3-6,10,19H,7-9,11H2,1-2H3. The van der Waals surface area contributed by atoms with E-state index in [4.69, 9.17) is 5.11 Å². The molecule has 2 aliphatic carbocycles. The molecule has 0 radical (unpaired) electrons. The van der Waals surface area contributed by atoms with Crippen molar-refractivity contribution in [3.05, 3.63) is 57.8 Å². The molecule has 102 valence electrons. The highest BCUT2D eigenvalue weighted by molar-refractivity contribution is 7.13. The van der Waals surface area contributed by atoms with Crippen LogP contribution in [-0.4, -0.2) is 19.8 Å². The van der Waals surface area contributed by atoms with Crippen molar-refractivity contribution in [1.82, 2.24) is 0 Å². The molecule has 3 aliphatic rings. The Hall–Kier alpha value is -1.38. The molecule has 1 aromatic rings. The predicted molar refractivity (Wildman–Crippen MR) is 86.9 cm³/mol. The quantitative estimate of drug-likeness (QED) is 0.833. The Kier molecular flexibility index (Phi) is 2.51. The molecule has 0 saturated carbocycles. The number of hydrogen-bond acceptors (Lipinski definition) is 1. The van der Waals surface area contributed by atoms with E-state index in [1.165, 1.54) is 28.7 Å². The van der Waals surface area contributed by atoms with E-state index in [1.807, 2.05) is 0 Å². The van der Waals surface area contributed by atoms with Crippen molar-refractivity contribution >= 4 is 18.8 Å². The van der Waals surface area contributed by atoms with Gasteiger partial charge < -0.3 is 5.11 Å². The molecule has 1 N–H and O–H groups in total. The summed E-state index contributed by atoms with van der Waals surface area (Å²) in [6, 6.07) is 6.80. The van der Waals surface area contributed by atoms with Crippen LogP contribution in [0, 0.1) is 0 Å². The maximum atomic E-state index is 9.08. The SMILES string of the molecule is C[Si]1(C)C2=C1c1c(cccc1C1=CC(CCO)=CC1)C2. The van der Waals surface area contributed by atoms with Crippen LogP contribution in [0.4, 0.5) is 0 Å². The number of hydrogen-bond donors (Lipinski definition) is 1. The van der Waals surface area contributed by atoms with E-state index in [1.54, 1.807) is 16.0 Å². The number of aliphatic hydroxyl groups excluding tert-OH is 1. The molecule has 0 spiro atoms. The monoisotopic (exact) mass is 280 g/mol. The fourth-order valence-electron chi connectivity index (χ4n) is 3.89. The number of allylic oxidation sites excluding steroid dienone is 4. The largest absolute Gasteiger partial charge is 0.396 e. The Morgan fingerprint density at radius 1 is 1.25 bits per heavy atom. The Balaban J connectivity index is 1.75. The summed E-state index contributed by atoms with van der Waals surface area (Å²) < 4.78 is 0. The molecule has 20 heavy (non-hydrogen) atoms. The third kappa shape index (κ3) is 1.58. The third-order valence-electron chi connectivity index (χ3n) is 5.08. The first kappa shape index (κ1) is 12.4. The summed E-state index contributed by atoms with van der Waals surface area (Å²) in [5.41, 5.74) is 7.30. The molecular weight excluding hydrogens is 260 g/mol. The van der Waals surface area contributed by atoms with E-state index < -0.39 is 8.07 Å². The van der Waals surface area contributed by atoms with Crippen LogP contribution in [0.1, 0.15) is 29.5 Å². The van der Waals surface area contributed by atoms with E-state index in [-0.39, 0.29) is 6.61 Å². The average molecular weight is 280 g/mol. The van der Waals surface area contributed by atoms with Gasteiger partial charge in [-0.15, -0.1) is 0 Å². The molecule has 0 unspecified atom stereocenters. The van der Waals surface area contributed by atoms with Gasteiger partial charge in [0.1, 0.15) is 8.07 Å². The first-order chi connectivity index (χ1) is 9.63. The van der Waals surface area contributed by atoms with Gasteiger partial charge in [-0.1, -0.05) is 53.8 Å². The van der Waals surface area contributed by atoms with Gasteiger partial charge in [0.05, 0.1) is 0 Å². The molecule has 0 atom stereocenters. The molecular formula is C18H20OSi. The lowest BCUT2D eigenvalue weighted by Gasteiger charge is -2.17. The summed E-state index contributed by atoms with van der Waals surface area (Å²) in [7, 11) is -1.12. The first-order valence-electron chi connectivity index (χ1n) is 7.50. The van der Waals surface area contributed by atoms with E-state index in [0.717, 1.165) is 12.8 Å². The van der Waals surface area contributed by atoms with Crippen LogP contribution >= 0.6 is 0 Å². The molecule has 1 heterocycles. The maximum absolute atomic E-state index is 9.08. The van der Waals surface area contributed by atoms with E-state index in [9.17, 15) is 0 Å². The van der Waals surface area contributed by atoms with E-state index in [0.29, 0.717) is 0 Å². The molecule has 0 aromatic heterocycles. The lowest BCUT2D eigenvalue weighted by atomic mass is 9.96. The van der Waals surface area contributed by atoms with Gasteiger partial charge in [0.25, 0.3) is 0 Å². The van der Waals surface area contributed by atoms with Gasteiger partial charge in [-0.2, -0.15) is 0 Å². The lowest BCUT2D eigenvalue weighted by Crippen LogP contribution is -2.16. The second-order valence-electron chi connectivity index (χ2n) is 6.62. The summed E-state index contributed by atoms with van der Waals surface area (Å²) in [6.45, 7) is 5.21. The Morgan fingerprint density at radius 3 is 2.90 bits per heavy atom. The number of fused-ring (bicyclic) bond motifs is 2. The zero-order chi connectivity index (χ0) is 13.9. The Morgan fingerprint density at radius 2 is 2.10 bits per heavy atom. The van der Waals surface area contributed by atoms with Crippen LogP contribution in [0.15, 0.2) is 41.1 Å². The minimum absolute atomic E-state index is 0.248. The van der Waals surface area contributed by atoms with Gasteiger partial charge in [-0.3, -0.25) is 0 Å². The lowest BCUT2D eigenvalue weighted by molar-refractivity contribution is 0.300. The Bertz CT molecular complexity index is 704. The summed E-state index contributed by atoms with van der Waals surface area (Å²) in [6.07, 6.45) is 7.58. The molecule has 1 aromatic carbocycles. The van der Waals surface area contributed by atoms with Crippen LogP contribution in [0.25, 0.3) is 10.8 Å². The van der Waals surface area contributed by atoms with Crippen molar-refractivity contribution in [2.45, 2.75) is 32.4 Å². The van der Waals surface area contributed by atoms with Crippen molar-refractivity contribution in [3.8, 4) is 0 Å². The van der Waals surface area contributed by atoms with Gasteiger partial charge >= 0.3 is 0 Å². The van der Waals surface area contributed by atoms with Crippen LogP contribution in [0.5, 0.6) is 0 Å². The second-order valence-corrected chi connectivity index (χ2v) is 11.0. The summed E-state index contributed by atoms with van der Waals surface area (Å²) in [5.74, 6) is 0. The molecule has 1 nitrogen and oxygen atoms in total. The smallest absolute Gasteiger partial charge is 0.108 e. The number of rotatable bonds is 3. The number of aliphatic hydroxyl groups is 1. The maximum Gasteiger partial charge on any atom is 0.108 e. The summed E-state index contributed by atoms with van der Waals surface area (Å²) >= 11 is 0. The van der Waals surface area contributed by atoms with Crippen molar-refractivity contribution in [3.63, 3.8) is 0 Å². The van der Waals surface area contributed by atoms with Gasteiger partial charge in [0, 0.05) is 6.61 Å². The minimum Gasteiger partial charge on any atom is -0.396 e. The molecule has 0 amide bonds. The fourth-order valence-corrected chi connectivity index (χ4v) is 7.50. The molecule has 2 heteroatoms. The van der Waals surface area contributed by atoms with E-state index >= 15 is 0 Å². The number of benzene rings is 1. The second kappa shape index (κ2) is 4.06. The summed E-state index contributed by atoms with van der Waals surface area (Å²) in [5, 5.41) is 12.6. The zero-order valence-electron chi connectivity index (χ0n) is 12.2. The van der Waals surface area contributed by atoms with Crippen LogP contribution < -0.4 is 0 Å². The topological polar surface area (TPSA) is 20.2 Å². The van der Waals surface area contributed by atoms with Gasteiger partial charge in [-0.25, -0.2) is 0 Å².